The molecule has 0 bridgehead atoms. The lowest BCUT2D eigenvalue weighted by Gasteiger charge is -2.22. The van der Waals surface area contributed by atoms with Crippen LogP contribution in [-0.4, -0.2) is 27.9 Å². The van der Waals surface area contributed by atoms with Crippen molar-refractivity contribution >= 4 is 15.7 Å². The molecule has 3 nitrogen and oxygen atoms in total. The standard InChI is InChI=1S/C11H24O3Si/c1-6-7-8-13-10(12)9(2)15-14-11(3,4)5/h9H,6-8,15H2,1-5H3. The van der Waals surface area contributed by atoms with Gasteiger partial charge in [-0.2, -0.15) is 0 Å². The molecule has 1 atom stereocenters. The number of carbonyl (C=O) groups excluding carboxylic acids is 1. The average Bonchev–Trinajstić information content (AvgIpc) is 2.13. The summed E-state index contributed by atoms with van der Waals surface area (Å²) >= 11 is 0. The van der Waals surface area contributed by atoms with E-state index in [1.807, 2.05) is 27.7 Å². The summed E-state index contributed by atoms with van der Waals surface area (Å²) in [7, 11) is -0.825. The van der Waals surface area contributed by atoms with Crippen LogP contribution in [0.1, 0.15) is 47.5 Å². The molecule has 0 aromatic rings. The fourth-order valence-corrected chi connectivity index (χ4v) is 1.91. The highest BCUT2D eigenvalue weighted by Crippen LogP contribution is 2.12. The fourth-order valence-electron chi connectivity index (χ4n) is 0.902. The van der Waals surface area contributed by atoms with E-state index < -0.39 is 9.76 Å². The number of rotatable bonds is 6. The first-order chi connectivity index (χ1) is 6.87. The zero-order valence-corrected chi connectivity index (χ0v) is 12.0. The number of carbonyl (C=O) groups is 1. The van der Waals surface area contributed by atoms with E-state index in [1.54, 1.807) is 0 Å². The third-order valence-electron chi connectivity index (χ3n) is 1.91. The van der Waals surface area contributed by atoms with Crippen LogP contribution in [0.15, 0.2) is 0 Å². The normalized spacial score (nSPS) is 14.5. The Hall–Kier alpha value is -0.353. The third kappa shape index (κ3) is 8.63. The molecule has 0 aliphatic carbocycles. The molecule has 4 heteroatoms. The van der Waals surface area contributed by atoms with Crippen LogP contribution in [0.2, 0.25) is 5.54 Å². The van der Waals surface area contributed by atoms with E-state index in [4.69, 9.17) is 9.16 Å². The number of hydrogen-bond donors (Lipinski definition) is 0. The summed E-state index contributed by atoms with van der Waals surface area (Å²) in [5.41, 5.74) is -0.175. The zero-order chi connectivity index (χ0) is 11.9. The van der Waals surface area contributed by atoms with Gasteiger partial charge in [0.1, 0.15) is 0 Å². The Morgan fingerprint density at radius 3 is 2.47 bits per heavy atom. The number of hydrogen-bond acceptors (Lipinski definition) is 3. The summed E-state index contributed by atoms with van der Waals surface area (Å²) in [6.45, 7) is 10.5. The van der Waals surface area contributed by atoms with Gasteiger partial charge in [-0.3, -0.25) is 4.79 Å². The van der Waals surface area contributed by atoms with Crippen LogP contribution in [0.5, 0.6) is 0 Å². The van der Waals surface area contributed by atoms with Gasteiger partial charge in [0.2, 0.25) is 0 Å². The molecule has 0 fully saturated rings. The topological polar surface area (TPSA) is 35.5 Å². The second-order valence-electron chi connectivity index (χ2n) is 4.85. The van der Waals surface area contributed by atoms with Crippen LogP contribution in [0, 0.1) is 0 Å². The minimum atomic E-state index is -0.825. The average molecular weight is 232 g/mol. The van der Waals surface area contributed by atoms with Crippen molar-refractivity contribution in [2.24, 2.45) is 0 Å². The number of ether oxygens (including phenoxy) is 1. The molecule has 0 spiro atoms. The van der Waals surface area contributed by atoms with E-state index in [0.717, 1.165) is 12.8 Å². The molecule has 15 heavy (non-hydrogen) atoms. The predicted octanol–water partition coefficient (Wildman–Crippen LogP) is 2.04. The first-order valence-corrected chi connectivity index (χ1v) is 7.06. The summed E-state index contributed by atoms with van der Waals surface area (Å²) in [6.07, 6.45) is 2.00. The van der Waals surface area contributed by atoms with Gasteiger partial charge in [0, 0.05) is 5.60 Å². The van der Waals surface area contributed by atoms with Crippen LogP contribution in [0.25, 0.3) is 0 Å². The van der Waals surface area contributed by atoms with Gasteiger partial charge in [0.25, 0.3) is 0 Å². The van der Waals surface area contributed by atoms with Gasteiger partial charge < -0.3 is 9.16 Å². The maximum atomic E-state index is 11.5. The van der Waals surface area contributed by atoms with Crippen molar-refractivity contribution < 1.29 is 14.0 Å². The molecule has 0 amide bonds. The number of esters is 1. The minimum Gasteiger partial charge on any atom is -0.466 e. The van der Waals surface area contributed by atoms with E-state index >= 15 is 0 Å². The van der Waals surface area contributed by atoms with Crippen molar-refractivity contribution in [1.29, 1.82) is 0 Å². The SMILES string of the molecule is CCCCOC(=O)C(C)[SiH2]OC(C)(C)C. The molecule has 0 radical (unpaired) electrons. The van der Waals surface area contributed by atoms with Crippen molar-refractivity contribution in [3.8, 4) is 0 Å². The molecule has 0 N–H and O–H groups in total. The quantitative estimate of drug-likeness (QED) is 0.399. The van der Waals surface area contributed by atoms with E-state index in [9.17, 15) is 4.79 Å². The number of unbranched alkanes of at least 4 members (excludes halogenated alkanes) is 1. The van der Waals surface area contributed by atoms with E-state index in [2.05, 4.69) is 6.92 Å². The Kier molecular flexibility index (Phi) is 6.84. The zero-order valence-electron chi connectivity index (χ0n) is 10.6. The van der Waals surface area contributed by atoms with E-state index in [-0.39, 0.29) is 17.1 Å². The van der Waals surface area contributed by atoms with Crippen molar-refractivity contribution in [1.82, 2.24) is 0 Å². The maximum absolute atomic E-state index is 11.5. The highest BCUT2D eigenvalue weighted by molar-refractivity contribution is 6.36. The third-order valence-corrected chi connectivity index (χ3v) is 3.78. The lowest BCUT2D eigenvalue weighted by atomic mass is 10.2. The van der Waals surface area contributed by atoms with Gasteiger partial charge in [0.15, 0.2) is 9.76 Å². The minimum absolute atomic E-state index is 0.0407. The van der Waals surface area contributed by atoms with Crippen molar-refractivity contribution in [2.45, 2.75) is 58.6 Å². The molecule has 0 heterocycles. The molecular formula is C11H24O3Si. The predicted molar refractivity (Wildman–Crippen MR) is 64.7 cm³/mol. The van der Waals surface area contributed by atoms with Gasteiger partial charge in [0.05, 0.1) is 12.1 Å². The molecule has 90 valence electrons. The Morgan fingerprint density at radius 2 is 2.00 bits per heavy atom. The van der Waals surface area contributed by atoms with Crippen LogP contribution >= 0.6 is 0 Å². The Bertz CT molecular complexity index is 187. The van der Waals surface area contributed by atoms with E-state index in [1.165, 1.54) is 0 Å². The van der Waals surface area contributed by atoms with Crippen molar-refractivity contribution in [2.75, 3.05) is 6.61 Å². The highest BCUT2D eigenvalue weighted by atomic mass is 28.2. The van der Waals surface area contributed by atoms with Crippen LogP contribution in [0.3, 0.4) is 0 Å². The Morgan fingerprint density at radius 1 is 1.40 bits per heavy atom. The summed E-state index contributed by atoms with van der Waals surface area (Å²) < 4.78 is 10.8. The van der Waals surface area contributed by atoms with Gasteiger partial charge in [-0.05, 0) is 27.2 Å². The molecule has 1 unspecified atom stereocenters. The molecule has 0 aromatic heterocycles. The molecule has 0 aromatic carbocycles. The van der Waals surface area contributed by atoms with Crippen LogP contribution in [0.4, 0.5) is 0 Å². The molecule has 0 aliphatic rings. The monoisotopic (exact) mass is 232 g/mol. The molecule has 0 aliphatic heterocycles. The first kappa shape index (κ1) is 14.6. The van der Waals surface area contributed by atoms with Gasteiger partial charge in [-0.15, -0.1) is 0 Å². The van der Waals surface area contributed by atoms with Gasteiger partial charge in [-0.1, -0.05) is 20.3 Å². The summed E-state index contributed by atoms with van der Waals surface area (Å²) in [4.78, 5) is 11.5. The van der Waals surface area contributed by atoms with Gasteiger partial charge >= 0.3 is 5.97 Å². The Balaban J connectivity index is 3.70. The molecule has 0 rings (SSSR count). The second-order valence-corrected chi connectivity index (χ2v) is 6.69. The highest BCUT2D eigenvalue weighted by Gasteiger charge is 2.19. The lowest BCUT2D eigenvalue weighted by Crippen LogP contribution is -2.27. The fraction of sp³-hybridized carbons (Fsp3) is 0.909. The lowest BCUT2D eigenvalue weighted by molar-refractivity contribution is -0.143. The smallest absolute Gasteiger partial charge is 0.307 e. The first-order valence-electron chi connectivity index (χ1n) is 5.67. The summed E-state index contributed by atoms with van der Waals surface area (Å²) in [5, 5.41) is 0. The van der Waals surface area contributed by atoms with Crippen LogP contribution < -0.4 is 0 Å². The molecule has 0 saturated heterocycles. The largest absolute Gasteiger partial charge is 0.466 e. The Labute approximate surface area is 95.5 Å². The van der Waals surface area contributed by atoms with Gasteiger partial charge in [-0.25, -0.2) is 0 Å². The molecular weight excluding hydrogens is 208 g/mol. The summed E-state index contributed by atoms with van der Waals surface area (Å²) in [5.74, 6) is -0.0978. The van der Waals surface area contributed by atoms with Crippen LogP contribution in [-0.2, 0) is 14.0 Å². The second kappa shape index (κ2) is 7.01. The van der Waals surface area contributed by atoms with E-state index in [0.29, 0.717) is 6.61 Å². The molecule has 0 saturated carbocycles. The van der Waals surface area contributed by atoms with Crippen molar-refractivity contribution in [3.05, 3.63) is 0 Å². The van der Waals surface area contributed by atoms with Crippen molar-refractivity contribution in [3.63, 3.8) is 0 Å². The maximum Gasteiger partial charge on any atom is 0.307 e. The summed E-state index contributed by atoms with van der Waals surface area (Å²) in [6, 6.07) is 0.